The third-order valence-electron chi connectivity index (χ3n) is 3.52. The van der Waals surface area contributed by atoms with Gasteiger partial charge in [-0.05, 0) is 31.9 Å². The molecule has 1 amide bonds. The molecule has 4 heteroatoms. The molecular weight excluding hydrogens is 240 g/mol. The first-order valence-electron chi connectivity index (χ1n) is 7.26. The van der Waals surface area contributed by atoms with Gasteiger partial charge in [0.25, 0.3) is 0 Å². The highest BCUT2D eigenvalue weighted by molar-refractivity contribution is 5.76. The number of hydrogen-bond donors (Lipinski definition) is 2. The smallest absolute Gasteiger partial charge is 0.220 e. The van der Waals surface area contributed by atoms with Crippen molar-refractivity contribution < 1.29 is 9.21 Å². The molecule has 1 unspecified atom stereocenters. The van der Waals surface area contributed by atoms with Crippen LogP contribution in [0.1, 0.15) is 56.9 Å². The fourth-order valence-electron chi connectivity index (χ4n) is 2.54. The fourth-order valence-corrected chi connectivity index (χ4v) is 2.54. The number of furan rings is 1. The lowest BCUT2D eigenvalue weighted by molar-refractivity contribution is -0.122. The molecule has 0 spiro atoms. The monoisotopic (exact) mass is 264 g/mol. The Kier molecular flexibility index (Phi) is 5.02. The Hall–Kier alpha value is -1.29. The molecule has 2 rings (SSSR count). The Morgan fingerprint density at radius 1 is 1.53 bits per heavy atom. The molecule has 19 heavy (non-hydrogen) atoms. The van der Waals surface area contributed by atoms with Crippen LogP contribution in [0.25, 0.3) is 0 Å². The highest BCUT2D eigenvalue weighted by atomic mass is 16.3. The molecule has 0 bridgehead atoms. The molecule has 0 radical (unpaired) electrons. The van der Waals surface area contributed by atoms with E-state index in [1.165, 1.54) is 5.56 Å². The van der Waals surface area contributed by atoms with E-state index in [9.17, 15) is 4.79 Å². The molecular formula is C15H24N2O2. The standard InChI is InChI=1S/C15H24N2O2/c1-11(2)16-9-4-7-15(18)17-13-5-3-6-14-12(13)8-10-19-14/h8,10-11,13,16H,3-7,9H2,1-2H3,(H,17,18). The average Bonchev–Trinajstić information content (AvgIpc) is 2.84. The van der Waals surface area contributed by atoms with Crippen molar-refractivity contribution in [3.63, 3.8) is 0 Å². The summed E-state index contributed by atoms with van der Waals surface area (Å²) in [6, 6.07) is 2.61. The van der Waals surface area contributed by atoms with Crippen LogP contribution in [0, 0.1) is 0 Å². The number of hydrogen-bond acceptors (Lipinski definition) is 3. The van der Waals surface area contributed by atoms with Gasteiger partial charge in [0.2, 0.25) is 5.91 Å². The lowest BCUT2D eigenvalue weighted by Gasteiger charge is -2.22. The number of rotatable bonds is 6. The zero-order chi connectivity index (χ0) is 13.7. The normalized spacial score (nSPS) is 18.4. The quantitative estimate of drug-likeness (QED) is 0.776. The molecule has 0 aromatic carbocycles. The molecule has 1 atom stereocenters. The average molecular weight is 264 g/mol. The van der Waals surface area contributed by atoms with E-state index in [2.05, 4.69) is 24.5 Å². The molecule has 0 saturated carbocycles. The minimum atomic E-state index is 0.143. The van der Waals surface area contributed by atoms with Gasteiger partial charge in [0.1, 0.15) is 5.76 Å². The van der Waals surface area contributed by atoms with Gasteiger partial charge in [-0.15, -0.1) is 0 Å². The van der Waals surface area contributed by atoms with Gasteiger partial charge in [-0.25, -0.2) is 0 Å². The van der Waals surface area contributed by atoms with E-state index < -0.39 is 0 Å². The zero-order valence-corrected chi connectivity index (χ0v) is 11.9. The molecule has 1 aromatic rings. The summed E-state index contributed by atoms with van der Waals surface area (Å²) < 4.78 is 5.43. The van der Waals surface area contributed by atoms with Crippen LogP contribution < -0.4 is 10.6 Å². The molecule has 106 valence electrons. The number of nitrogens with one attached hydrogen (secondary N) is 2. The number of carbonyl (C=O) groups is 1. The van der Waals surface area contributed by atoms with Crippen molar-refractivity contribution >= 4 is 5.91 Å². The first-order chi connectivity index (χ1) is 9.16. The third kappa shape index (κ3) is 4.10. The minimum absolute atomic E-state index is 0.143. The molecule has 1 aliphatic rings. The molecule has 0 saturated heterocycles. The van der Waals surface area contributed by atoms with Crippen molar-refractivity contribution in [3.8, 4) is 0 Å². The fraction of sp³-hybridized carbons (Fsp3) is 0.667. The van der Waals surface area contributed by atoms with Gasteiger partial charge >= 0.3 is 0 Å². The van der Waals surface area contributed by atoms with E-state index in [1.54, 1.807) is 6.26 Å². The van der Waals surface area contributed by atoms with E-state index in [0.717, 1.165) is 38.0 Å². The molecule has 4 nitrogen and oxygen atoms in total. The van der Waals surface area contributed by atoms with Crippen LogP contribution in [0.2, 0.25) is 0 Å². The van der Waals surface area contributed by atoms with Crippen LogP contribution in [-0.2, 0) is 11.2 Å². The van der Waals surface area contributed by atoms with Crippen molar-refractivity contribution in [2.75, 3.05) is 6.54 Å². The molecule has 0 aliphatic heterocycles. The van der Waals surface area contributed by atoms with Crippen molar-refractivity contribution in [3.05, 3.63) is 23.7 Å². The summed E-state index contributed by atoms with van der Waals surface area (Å²) >= 11 is 0. The predicted octanol–water partition coefficient (Wildman–Crippen LogP) is 2.55. The second-order valence-corrected chi connectivity index (χ2v) is 5.52. The maximum Gasteiger partial charge on any atom is 0.220 e. The van der Waals surface area contributed by atoms with Crippen molar-refractivity contribution in [2.24, 2.45) is 0 Å². The topological polar surface area (TPSA) is 54.3 Å². The first kappa shape index (κ1) is 14.1. The largest absolute Gasteiger partial charge is 0.469 e. The predicted molar refractivity (Wildman–Crippen MR) is 74.9 cm³/mol. The van der Waals surface area contributed by atoms with Crippen molar-refractivity contribution in [2.45, 2.75) is 58.0 Å². The lowest BCUT2D eigenvalue weighted by atomic mass is 9.93. The van der Waals surface area contributed by atoms with Crippen LogP contribution in [0.3, 0.4) is 0 Å². The van der Waals surface area contributed by atoms with Gasteiger partial charge in [-0.3, -0.25) is 4.79 Å². The Morgan fingerprint density at radius 3 is 3.16 bits per heavy atom. The van der Waals surface area contributed by atoms with Gasteiger partial charge < -0.3 is 15.1 Å². The SMILES string of the molecule is CC(C)NCCCC(=O)NC1CCCc2occc21. The Bertz CT molecular complexity index is 412. The van der Waals surface area contributed by atoms with E-state index in [4.69, 9.17) is 4.42 Å². The zero-order valence-electron chi connectivity index (χ0n) is 11.9. The summed E-state index contributed by atoms with van der Waals surface area (Å²) in [5.74, 6) is 1.18. The van der Waals surface area contributed by atoms with Gasteiger partial charge in [0.05, 0.1) is 12.3 Å². The van der Waals surface area contributed by atoms with Gasteiger partial charge in [0, 0.05) is 24.4 Å². The second-order valence-electron chi connectivity index (χ2n) is 5.52. The maximum atomic E-state index is 11.9. The number of carbonyl (C=O) groups excluding carboxylic acids is 1. The molecule has 1 heterocycles. The maximum absolute atomic E-state index is 11.9. The first-order valence-corrected chi connectivity index (χ1v) is 7.26. The Morgan fingerprint density at radius 2 is 2.37 bits per heavy atom. The molecule has 0 fully saturated rings. The molecule has 1 aromatic heterocycles. The van der Waals surface area contributed by atoms with Crippen LogP contribution in [0.5, 0.6) is 0 Å². The molecule has 2 N–H and O–H groups in total. The van der Waals surface area contributed by atoms with Crippen LogP contribution in [-0.4, -0.2) is 18.5 Å². The van der Waals surface area contributed by atoms with E-state index in [1.807, 2.05) is 6.07 Å². The second kappa shape index (κ2) is 6.75. The van der Waals surface area contributed by atoms with E-state index in [-0.39, 0.29) is 11.9 Å². The molecule has 1 aliphatic carbocycles. The van der Waals surface area contributed by atoms with Crippen molar-refractivity contribution in [1.82, 2.24) is 10.6 Å². The highest BCUT2D eigenvalue weighted by Crippen LogP contribution is 2.30. The lowest BCUT2D eigenvalue weighted by Crippen LogP contribution is -2.31. The summed E-state index contributed by atoms with van der Waals surface area (Å²) in [6.45, 7) is 5.12. The third-order valence-corrected chi connectivity index (χ3v) is 3.52. The number of aryl methyl sites for hydroxylation is 1. The van der Waals surface area contributed by atoms with Crippen LogP contribution in [0.15, 0.2) is 16.7 Å². The summed E-state index contributed by atoms with van der Waals surface area (Å²) in [6.07, 6.45) is 6.29. The van der Waals surface area contributed by atoms with Crippen molar-refractivity contribution in [1.29, 1.82) is 0 Å². The summed E-state index contributed by atoms with van der Waals surface area (Å²) in [5.41, 5.74) is 1.17. The summed E-state index contributed by atoms with van der Waals surface area (Å²) in [5, 5.41) is 6.44. The summed E-state index contributed by atoms with van der Waals surface area (Å²) in [4.78, 5) is 11.9. The van der Waals surface area contributed by atoms with E-state index >= 15 is 0 Å². The highest BCUT2D eigenvalue weighted by Gasteiger charge is 2.23. The number of fused-ring (bicyclic) bond motifs is 1. The van der Waals surface area contributed by atoms with Crippen LogP contribution in [0.4, 0.5) is 0 Å². The van der Waals surface area contributed by atoms with Crippen LogP contribution >= 0.6 is 0 Å². The Balaban J connectivity index is 1.75. The van der Waals surface area contributed by atoms with E-state index in [0.29, 0.717) is 12.5 Å². The Labute approximate surface area is 114 Å². The number of amides is 1. The van der Waals surface area contributed by atoms with Gasteiger partial charge in [0.15, 0.2) is 0 Å². The van der Waals surface area contributed by atoms with Gasteiger partial charge in [-0.1, -0.05) is 13.8 Å². The van der Waals surface area contributed by atoms with Gasteiger partial charge in [-0.2, -0.15) is 0 Å². The summed E-state index contributed by atoms with van der Waals surface area (Å²) in [7, 11) is 0. The minimum Gasteiger partial charge on any atom is -0.469 e.